The second-order valence-electron chi connectivity index (χ2n) is 5.33. The van der Waals surface area contributed by atoms with Crippen molar-refractivity contribution in [2.75, 3.05) is 26.8 Å². The third-order valence-electron chi connectivity index (χ3n) is 3.93. The van der Waals surface area contributed by atoms with Crippen molar-refractivity contribution in [3.05, 3.63) is 23.8 Å². The molecule has 114 valence electrons. The van der Waals surface area contributed by atoms with Crippen LogP contribution in [0.2, 0.25) is 0 Å². The first-order chi connectivity index (χ1) is 10.3. The van der Waals surface area contributed by atoms with Gasteiger partial charge in [-0.1, -0.05) is 18.9 Å². The maximum Gasteiger partial charge on any atom is 0.161 e. The Balaban J connectivity index is 2.24. The van der Waals surface area contributed by atoms with Crippen molar-refractivity contribution in [3.8, 4) is 17.6 Å². The van der Waals surface area contributed by atoms with Crippen LogP contribution in [0.25, 0.3) is 0 Å². The fraction of sp³-hybridized carbons (Fsp3) is 0.588. The molecule has 21 heavy (non-hydrogen) atoms. The summed E-state index contributed by atoms with van der Waals surface area (Å²) in [5.74, 6) is 1.43. The summed E-state index contributed by atoms with van der Waals surface area (Å²) in [6.45, 7) is 4.52. The van der Waals surface area contributed by atoms with Crippen LogP contribution in [-0.2, 0) is 0 Å². The van der Waals surface area contributed by atoms with Gasteiger partial charge in [-0.05, 0) is 50.6 Å². The highest BCUT2D eigenvalue weighted by Gasteiger charge is 2.22. The highest BCUT2D eigenvalue weighted by atomic mass is 16.5. The molecule has 0 amide bonds. The van der Waals surface area contributed by atoms with E-state index in [-0.39, 0.29) is 6.04 Å². The lowest BCUT2D eigenvalue weighted by molar-refractivity contribution is 0.244. The summed E-state index contributed by atoms with van der Waals surface area (Å²) in [6, 6.07) is 8.06. The van der Waals surface area contributed by atoms with E-state index in [1.807, 2.05) is 25.1 Å². The standard InChI is InChI=1S/C17H24N2O2/c1-3-21-17-12-14(8-9-16(17)20-2)15(13-18)19-10-6-4-5-7-11-19/h8-9,12,15H,3-7,10-11H2,1-2H3/t15-/m1/s1. The third kappa shape index (κ3) is 3.89. The van der Waals surface area contributed by atoms with Crippen molar-refractivity contribution in [1.82, 2.24) is 4.90 Å². The topological polar surface area (TPSA) is 45.5 Å². The second kappa shape index (κ2) is 7.90. The van der Waals surface area contributed by atoms with Gasteiger partial charge in [-0.3, -0.25) is 4.90 Å². The largest absolute Gasteiger partial charge is 0.493 e. The van der Waals surface area contributed by atoms with Crippen molar-refractivity contribution in [1.29, 1.82) is 5.26 Å². The fourth-order valence-corrected chi connectivity index (χ4v) is 2.85. The van der Waals surface area contributed by atoms with Crippen LogP contribution < -0.4 is 9.47 Å². The Kier molecular flexibility index (Phi) is 5.89. The van der Waals surface area contributed by atoms with E-state index in [0.29, 0.717) is 18.1 Å². The monoisotopic (exact) mass is 288 g/mol. The molecule has 0 aliphatic carbocycles. The van der Waals surface area contributed by atoms with Gasteiger partial charge in [0.2, 0.25) is 0 Å². The summed E-state index contributed by atoms with van der Waals surface area (Å²) in [5.41, 5.74) is 0.989. The third-order valence-corrected chi connectivity index (χ3v) is 3.93. The quantitative estimate of drug-likeness (QED) is 0.831. The minimum Gasteiger partial charge on any atom is -0.493 e. The number of methoxy groups -OCH3 is 1. The highest BCUT2D eigenvalue weighted by molar-refractivity contribution is 5.44. The Morgan fingerprint density at radius 1 is 1.19 bits per heavy atom. The molecule has 1 heterocycles. The molecule has 0 aromatic heterocycles. The number of likely N-dealkylation sites (tertiary alicyclic amines) is 1. The van der Waals surface area contributed by atoms with Gasteiger partial charge in [-0.25, -0.2) is 0 Å². The van der Waals surface area contributed by atoms with Gasteiger partial charge in [0, 0.05) is 0 Å². The highest BCUT2D eigenvalue weighted by Crippen LogP contribution is 2.32. The smallest absolute Gasteiger partial charge is 0.161 e. The van der Waals surface area contributed by atoms with Crippen LogP contribution in [0, 0.1) is 11.3 Å². The summed E-state index contributed by atoms with van der Waals surface area (Å²) in [7, 11) is 1.63. The molecule has 1 aliphatic heterocycles. The first kappa shape index (κ1) is 15.7. The molecule has 1 aliphatic rings. The molecule has 1 aromatic rings. The van der Waals surface area contributed by atoms with Gasteiger partial charge < -0.3 is 9.47 Å². The van der Waals surface area contributed by atoms with Crippen LogP contribution in [0.3, 0.4) is 0 Å². The Bertz CT molecular complexity index is 488. The molecule has 0 spiro atoms. The molecular weight excluding hydrogens is 264 g/mol. The van der Waals surface area contributed by atoms with E-state index in [0.717, 1.165) is 18.7 Å². The van der Waals surface area contributed by atoms with Crippen LogP contribution in [0.1, 0.15) is 44.2 Å². The van der Waals surface area contributed by atoms with E-state index < -0.39 is 0 Å². The molecule has 1 aromatic carbocycles. The molecular formula is C17H24N2O2. The molecule has 1 atom stereocenters. The predicted molar refractivity (Wildman–Crippen MR) is 82.6 cm³/mol. The molecule has 4 nitrogen and oxygen atoms in total. The van der Waals surface area contributed by atoms with Crippen molar-refractivity contribution in [2.24, 2.45) is 0 Å². The van der Waals surface area contributed by atoms with Gasteiger partial charge >= 0.3 is 0 Å². The van der Waals surface area contributed by atoms with Crippen molar-refractivity contribution in [2.45, 2.75) is 38.6 Å². The second-order valence-corrected chi connectivity index (χ2v) is 5.33. The zero-order valence-electron chi connectivity index (χ0n) is 13.0. The molecule has 0 N–H and O–H groups in total. The Hall–Kier alpha value is -1.73. The minimum absolute atomic E-state index is 0.201. The number of hydrogen-bond donors (Lipinski definition) is 0. The van der Waals surface area contributed by atoms with Gasteiger partial charge in [-0.15, -0.1) is 0 Å². The molecule has 1 fully saturated rings. The first-order valence-corrected chi connectivity index (χ1v) is 7.74. The van der Waals surface area contributed by atoms with E-state index >= 15 is 0 Å². The summed E-state index contributed by atoms with van der Waals surface area (Å²) >= 11 is 0. The van der Waals surface area contributed by atoms with Crippen LogP contribution >= 0.6 is 0 Å². The minimum atomic E-state index is -0.201. The summed E-state index contributed by atoms with van der Waals surface area (Å²) in [5, 5.41) is 9.61. The average molecular weight is 288 g/mol. The van der Waals surface area contributed by atoms with Crippen LogP contribution in [0.5, 0.6) is 11.5 Å². The lowest BCUT2D eigenvalue weighted by atomic mass is 10.1. The zero-order chi connectivity index (χ0) is 15.1. The van der Waals surface area contributed by atoms with Crippen LogP contribution in [0.4, 0.5) is 0 Å². The molecule has 0 saturated carbocycles. The Morgan fingerprint density at radius 3 is 2.48 bits per heavy atom. The summed E-state index contributed by atoms with van der Waals surface area (Å²) in [6.07, 6.45) is 4.88. The lowest BCUT2D eigenvalue weighted by Gasteiger charge is -2.26. The van der Waals surface area contributed by atoms with Gasteiger partial charge in [0.1, 0.15) is 6.04 Å². The number of benzene rings is 1. The van der Waals surface area contributed by atoms with E-state index in [4.69, 9.17) is 9.47 Å². The maximum absolute atomic E-state index is 9.61. The van der Waals surface area contributed by atoms with Gasteiger partial charge in [0.05, 0.1) is 19.8 Å². The summed E-state index contributed by atoms with van der Waals surface area (Å²) < 4.78 is 10.9. The average Bonchev–Trinajstić information content (AvgIpc) is 2.78. The van der Waals surface area contributed by atoms with E-state index in [1.165, 1.54) is 25.7 Å². The van der Waals surface area contributed by atoms with Gasteiger partial charge in [-0.2, -0.15) is 5.26 Å². The van der Waals surface area contributed by atoms with Crippen LogP contribution in [-0.4, -0.2) is 31.7 Å². The molecule has 0 unspecified atom stereocenters. The normalized spacial score (nSPS) is 17.6. The SMILES string of the molecule is CCOc1cc([C@@H](C#N)N2CCCCCC2)ccc1OC. The molecule has 1 saturated heterocycles. The van der Waals surface area contributed by atoms with Crippen molar-refractivity contribution < 1.29 is 9.47 Å². The zero-order valence-corrected chi connectivity index (χ0v) is 13.0. The van der Waals surface area contributed by atoms with E-state index in [2.05, 4.69) is 11.0 Å². The van der Waals surface area contributed by atoms with Crippen LogP contribution in [0.15, 0.2) is 18.2 Å². The van der Waals surface area contributed by atoms with Gasteiger partial charge in [0.25, 0.3) is 0 Å². The number of rotatable bonds is 5. The molecule has 4 heteroatoms. The lowest BCUT2D eigenvalue weighted by Crippen LogP contribution is -2.28. The molecule has 0 radical (unpaired) electrons. The first-order valence-electron chi connectivity index (χ1n) is 7.74. The number of ether oxygens (including phenoxy) is 2. The number of hydrogen-bond acceptors (Lipinski definition) is 4. The molecule has 0 bridgehead atoms. The van der Waals surface area contributed by atoms with E-state index in [9.17, 15) is 5.26 Å². The van der Waals surface area contributed by atoms with Gasteiger partial charge in [0.15, 0.2) is 11.5 Å². The molecule has 2 rings (SSSR count). The Labute approximate surface area is 127 Å². The van der Waals surface area contributed by atoms with Crippen molar-refractivity contribution in [3.63, 3.8) is 0 Å². The van der Waals surface area contributed by atoms with Crippen molar-refractivity contribution >= 4 is 0 Å². The maximum atomic E-state index is 9.61. The number of nitriles is 1. The Morgan fingerprint density at radius 2 is 1.90 bits per heavy atom. The predicted octanol–water partition coefficient (Wildman–Crippen LogP) is 3.53. The summed E-state index contributed by atoms with van der Waals surface area (Å²) in [4.78, 5) is 2.28. The number of nitrogens with zero attached hydrogens (tertiary/aromatic N) is 2. The van der Waals surface area contributed by atoms with E-state index in [1.54, 1.807) is 7.11 Å². The fourth-order valence-electron chi connectivity index (χ4n) is 2.85.